The summed E-state index contributed by atoms with van der Waals surface area (Å²) in [4.78, 5) is 9.44. The number of ketones is 1. The molecular weight excluding hydrogens is 200 g/mol. The van der Waals surface area contributed by atoms with Crippen LogP contribution in [-0.2, 0) is 14.3 Å². The summed E-state index contributed by atoms with van der Waals surface area (Å²) in [6, 6.07) is 0. The Labute approximate surface area is 93.0 Å². The average Bonchev–Trinajstić information content (AvgIpc) is 2.23. The molecule has 0 aliphatic rings. The molecule has 0 rings (SSSR count). The zero-order chi connectivity index (χ0) is 13.5. The maximum atomic E-state index is 9.44. The summed E-state index contributed by atoms with van der Waals surface area (Å²) < 4.78 is 9.73. The van der Waals surface area contributed by atoms with Crippen molar-refractivity contribution in [1.29, 1.82) is 0 Å². The first kappa shape index (κ1) is 24.0. The molecule has 0 aliphatic carbocycles. The van der Waals surface area contributed by atoms with E-state index in [0.717, 1.165) is 14.2 Å². The molecule has 0 amide bonds. The van der Waals surface area contributed by atoms with E-state index in [4.69, 9.17) is 19.7 Å². The number of carbonyl (C=O) groups excluding carboxylic acids is 1. The van der Waals surface area contributed by atoms with Crippen LogP contribution in [0.4, 0.5) is 0 Å². The smallest absolute Gasteiger partial charge is 0.161 e. The lowest BCUT2D eigenvalue weighted by Gasteiger charge is -2.19. The first-order valence-corrected chi connectivity index (χ1v) is 4.32. The van der Waals surface area contributed by atoms with Crippen LogP contribution in [0.2, 0.25) is 0 Å². The summed E-state index contributed by atoms with van der Waals surface area (Å²) >= 11 is 0. The zero-order valence-electron chi connectivity index (χ0n) is 11.1. The highest BCUT2D eigenvalue weighted by atomic mass is 16.7. The van der Waals surface area contributed by atoms with Crippen molar-refractivity contribution in [2.45, 2.75) is 33.5 Å². The van der Waals surface area contributed by atoms with E-state index >= 15 is 0 Å². The summed E-state index contributed by atoms with van der Waals surface area (Å²) in [6.45, 7) is 6.76. The summed E-state index contributed by atoms with van der Waals surface area (Å²) in [5.41, 5.74) is 0. The molecule has 96 valence electrons. The van der Waals surface area contributed by atoms with E-state index in [0.29, 0.717) is 0 Å². The van der Waals surface area contributed by atoms with Crippen molar-refractivity contribution < 1.29 is 24.5 Å². The van der Waals surface area contributed by atoms with Gasteiger partial charge in [-0.15, -0.1) is 0 Å². The van der Waals surface area contributed by atoms with Gasteiger partial charge in [0.15, 0.2) is 5.79 Å². The molecule has 0 spiro atoms. The van der Waals surface area contributed by atoms with Gasteiger partial charge in [0.05, 0.1) is 0 Å². The summed E-state index contributed by atoms with van der Waals surface area (Å²) in [5.74, 6) is -0.250. The molecule has 0 saturated carbocycles. The normalized spacial score (nSPS) is 8.13. The second-order valence-corrected chi connectivity index (χ2v) is 2.72. The molecule has 5 heteroatoms. The molecule has 0 heterocycles. The van der Waals surface area contributed by atoms with Crippen LogP contribution in [0.1, 0.15) is 27.7 Å². The number of carbonyl (C=O) groups is 1. The number of methoxy groups -OCH3 is 2. The van der Waals surface area contributed by atoms with Crippen molar-refractivity contribution in [2.24, 2.45) is 0 Å². The van der Waals surface area contributed by atoms with Crippen molar-refractivity contribution in [3.05, 3.63) is 0 Å². The van der Waals surface area contributed by atoms with Gasteiger partial charge in [-0.1, -0.05) is 0 Å². The van der Waals surface area contributed by atoms with E-state index in [1.807, 2.05) is 13.8 Å². The number of hydrogen-bond donors (Lipinski definition) is 2. The first-order chi connectivity index (χ1) is 6.85. The lowest BCUT2D eigenvalue weighted by Crippen LogP contribution is -2.24. The molecule has 0 aromatic rings. The second-order valence-electron chi connectivity index (χ2n) is 2.72. The van der Waals surface area contributed by atoms with E-state index in [1.165, 1.54) is 13.8 Å². The second kappa shape index (κ2) is 19.1. The molecule has 0 atom stereocenters. The Bertz CT molecular complexity index is 102. The summed E-state index contributed by atoms with van der Waals surface area (Å²) in [7, 11) is 5.23. The van der Waals surface area contributed by atoms with Gasteiger partial charge in [-0.3, -0.25) is 0 Å². The van der Waals surface area contributed by atoms with E-state index < -0.39 is 5.79 Å². The Morgan fingerprint density at radius 2 is 1.07 bits per heavy atom. The molecule has 0 aromatic carbocycles. The van der Waals surface area contributed by atoms with E-state index in [1.54, 1.807) is 14.2 Å². The Morgan fingerprint density at radius 3 is 1.07 bits per heavy atom. The maximum absolute atomic E-state index is 9.44. The molecule has 0 bridgehead atoms. The fraction of sp³-hybridized carbons (Fsp3) is 0.900. The van der Waals surface area contributed by atoms with Crippen LogP contribution in [0.15, 0.2) is 0 Å². The molecule has 0 aromatic heterocycles. The van der Waals surface area contributed by atoms with Crippen LogP contribution < -0.4 is 0 Å². The van der Waals surface area contributed by atoms with Crippen LogP contribution in [-0.4, -0.2) is 50.2 Å². The number of aliphatic hydroxyl groups is 2. The predicted octanol–water partition coefficient (Wildman–Crippen LogP) is 0.828. The number of ether oxygens (including phenoxy) is 2. The third kappa shape index (κ3) is 59.0. The third-order valence-electron chi connectivity index (χ3n) is 0.983. The Balaban J connectivity index is -0.0000000647. The van der Waals surface area contributed by atoms with Crippen LogP contribution in [0.5, 0.6) is 0 Å². The fourth-order valence-electron chi connectivity index (χ4n) is 0.0833. The van der Waals surface area contributed by atoms with Crippen molar-refractivity contribution in [2.75, 3.05) is 28.4 Å². The average molecular weight is 226 g/mol. The predicted molar refractivity (Wildman–Crippen MR) is 60.7 cm³/mol. The lowest BCUT2D eigenvalue weighted by atomic mass is 10.4. The first-order valence-electron chi connectivity index (χ1n) is 4.32. The fourth-order valence-corrected chi connectivity index (χ4v) is 0.0833. The van der Waals surface area contributed by atoms with Crippen LogP contribution >= 0.6 is 0 Å². The zero-order valence-corrected chi connectivity index (χ0v) is 11.1. The topological polar surface area (TPSA) is 76.0 Å². The van der Waals surface area contributed by atoms with E-state index in [-0.39, 0.29) is 5.78 Å². The number of Topliss-reactive ketones (excluding diaryl/α,β-unsaturated/α-hetero) is 1. The third-order valence-corrected chi connectivity index (χ3v) is 0.983. The van der Waals surface area contributed by atoms with Gasteiger partial charge in [-0.25, -0.2) is 0 Å². The Kier molecular flexibility index (Phi) is 30.6. The number of hydrogen-bond acceptors (Lipinski definition) is 5. The Hall–Kier alpha value is -0.490. The lowest BCUT2D eigenvalue weighted by molar-refractivity contribution is -0.178. The highest BCUT2D eigenvalue weighted by molar-refractivity contribution is 5.72. The highest BCUT2D eigenvalue weighted by Gasteiger charge is 2.11. The van der Waals surface area contributed by atoms with Gasteiger partial charge in [-0.05, 0) is 27.7 Å². The van der Waals surface area contributed by atoms with Crippen molar-refractivity contribution >= 4 is 5.78 Å². The summed E-state index contributed by atoms with van der Waals surface area (Å²) in [6.07, 6.45) is 0. The van der Waals surface area contributed by atoms with Gasteiger partial charge in [0.1, 0.15) is 5.78 Å². The number of rotatable bonds is 2. The molecule has 0 aliphatic heterocycles. The molecule has 0 radical (unpaired) electrons. The number of aliphatic hydroxyl groups excluding tert-OH is 2. The quantitative estimate of drug-likeness (QED) is 0.682. The van der Waals surface area contributed by atoms with Crippen LogP contribution in [0, 0.1) is 0 Å². The van der Waals surface area contributed by atoms with Gasteiger partial charge in [0.2, 0.25) is 0 Å². The molecule has 15 heavy (non-hydrogen) atoms. The molecule has 0 saturated heterocycles. The highest BCUT2D eigenvalue weighted by Crippen LogP contribution is 2.05. The van der Waals surface area contributed by atoms with Crippen molar-refractivity contribution in [3.8, 4) is 0 Å². The largest absolute Gasteiger partial charge is 0.400 e. The van der Waals surface area contributed by atoms with Gasteiger partial charge < -0.3 is 24.5 Å². The molecule has 5 nitrogen and oxygen atoms in total. The minimum Gasteiger partial charge on any atom is -0.400 e. The van der Waals surface area contributed by atoms with Crippen molar-refractivity contribution in [1.82, 2.24) is 0 Å². The molecule has 0 fully saturated rings. The van der Waals surface area contributed by atoms with E-state index in [9.17, 15) is 4.79 Å². The molecule has 2 N–H and O–H groups in total. The van der Waals surface area contributed by atoms with Gasteiger partial charge in [0.25, 0.3) is 0 Å². The molecule has 0 unspecified atom stereocenters. The molecular formula is C10H26O5. The standard InChI is InChI=1S/C5H12O2.C3H6O.2CH4O/c1-5(2,6-3)7-4;1-3(2)4;2*1-2/h1-4H3;1-2H3;2*2H,1H3. The minimum atomic E-state index is -0.417. The Morgan fingerprint density at radius 1 is 0.933 bits per heavy atom. The van der Waals surface area contributed by atoms with Gasteiger partial charge >= 0.3 is 0 Å². The monoisotopic (exact) mass is 226 g/mol. The van der Waals surface area contributed by atoms with Crippen LogP contribution in [0.3, 0.4) is 0 Å². The van der Waals surface area contributed by atoms with Gasteiger partial charge in [0, 0.05) is 28.4 Å². The van der Waals surface area contributed by atoms with Gasteiger partial charge in [-0.2, -0.15) is 0 Å². The van der Waals surface area contributed by atoms with Crippen molar-refractivity contribution in [3.63, 3.8) is 0 Å². The SMILES string of the molecule is CC(C)=O.CO.CO.COC(C)(C)OC. The summed E-state index contributed by atoms with van der Waals surface area (Å²) in [5, 5.41) is 14.0. The minimum absolute atomic E-state index is 0.167. The van der Waals surface area contributed by atoms with E-state index in [2.05, 4.69) is 0 Å². The maximum Gasteiger partial charge on any atom is 0.161 e. The van der Waals surface area contributed by atoms with Crippen LogP contribution in [0.25, 0.3) is 0 Å².